The minimum absolute atomic E-state index is 0.960. The van der Waals surface area contributed by atoms with Gasteiger partial charge in [0.25, 0.3) is 0 Å². The fourth-order valence-corrected chi connectivity index (χ4v) is 2.40. The molecule has 0 amide bonds. The van der Waals surface area contributed by atoms with Crippen LogP contribution in [0.4, 0.5) is 0 Å². The predicted molar refractivity (Wildman–Crippen MR) is 63.7 cm³/mol. The fourth-order valence-electron chi connectivity index (χ4n) is 1.50. The molecule has 0 atom stereocenters. The molecule has 0 saturated heterocycles. The van der Waals surface area contributed by atoms with Crippen LogP contribution >= 0.6 is 11.3 Å². The van der Waals surface area contributed by atoms with Crippen molar-refractivity contribution in [3.05, 3.63) is 59.3 Å². The van der Waals surface area contributed by atoms with Gasteiger partial charge < -0.3 is 0 Å². The van der Waals surface area contributed by atoms with Crippen LogP contribution in [0.5, 0.6) is 0 Å². The average molecular weight is 200 g/mol. The Labute approximate surface area is 88.5 Å². The van der Waals surface area contributed by atoms with E-state index in [9.17, 15) is 0 Å². The third-order valence-corrected chi connectivity index (χ3v) is 3.10. The summed E-state index contributed by atoms with van der Waals surface area (Å²) in [5.41, 5.74) is 2.64. The first-order valence-electron chi connectivity index (χ1n) is 4.64. The van der Waals surface area contributed by atoms with E-state index in [0.717, 1.165) is 6.42 Å². The van der Waals surface area contributed by atoms with Crippen molar-refractivity contribution in [1.29, 1.82) is 0 Å². The fraction of sp³-hybridized carbons (Fsp3) is 0.0769. The molecule has 0 aliphatic carbocycles. The quantitative estimate of drug-likeness (QED) is 0.653. The van der Waals surface area contributed by atoms with Crippen molar-refractivity contribution in [2.45, 2.75) is 6.42 Å². The lowest BCUT2D eigenvalue weighted by molar-refractivity contribution is 1.35. The summed E-state index contributed by atoms with van der Waals surface area (Å²) in [6.07, 6.45) is 2.92. The van der Waals surface area contributed by atoms with Crippen LogP contribution in [0.15, 0.2) is 54.4 Å². The number of hydrogen-bond acceptors (Lipinski definition) is 1. The zero-order valence-corrected chi connectivity index (χ0v) is 8.76. The molecule has 2 rings (SSSR count). The highest BCUT2D eigenvalue weighted by molar-refractivity contribution is 7.10. The lowest BCUT2D eigenvalue weighted by Crippen LogP contribution is -1.80. The second kappa shape index (κ2) is 4.25. The maximum atomic E-state index is 3.78. The molecule has 0 bridgehead atoms. The maximum Gasteiger partial charge on any atom is 0.0161 e. The van der Waals surface area contributed by atoms with E-state index in [0.29, 0.717) is 0 Å². The number of allylic oxidation sites excluding steroid dienone is 1. The molecule has 70 valence electrons. The molecule has 0 radical (unpaired) electrons. The van der Waals surface area contributed by atoms with Crippen LogP contribution in [0.25, 0.3) is 11.1 Å². The van der Waals surface area contributed by atoms with Crippen molar-refractivity contribution in [3.8, 4) is 11.1 Å². The van der Waals surface area contributed by atoms with Gasteiger partial charge in [-0.2, -0.15) is 0 Å². The molecule has 1 aromatic heterocycles. The Balaban J connectivity index is 2.41. The minimum Gasteiger partial charge on any atom is -0.148 e. The summed E-state index contributed by atoms with van der Waals surface area (Å²) in [5, 5.41) is 2.14. The molecule has 0 fully saturated rings. The Kier molecular flexibility index (Phi) is 2.80. The van der Waals surface area contributed by atoms with E-state index < -0.39 is 0 Å². The van der Waals surface area contributed by atoms with Crippen molar-refractivity contribution >= 4 is 11.3 Å². The van der Waals surface area contributed by atoms with Crippen LogP contribution < -0.4 is 0 Å². The molecule has 14 heavy (non-hydrogen) atoms. The first-order chi connectivity index (χ1) is 6.92. The van der Waals surface area contributed by atoms with Gasteiger partial charge in [0.05, 0.1) is 0 Å². The molecule has 0 saturated carbocycles. The van der Waals surface area contributed by atoms with Gasteiger partial charge in [0, 0.05) is 11.3 Å². The molecule has 1 aromatic carbocycles. The van der Waals surface area contributed by atoms with Crippen LogP contribution in [0.2, 0.25) is 0 Å². The first kappa shape index (κ1) is 9.22. The van der Waals surface area contributed by atoms with Gasteiger partial charge in [0.1, 0.15) is 0 Å². The second-order valence-electron chi connectivity index (χ2n) is 3.12. The Morgan fingerprint density at radius 2 is 1.93 bits per heavy atom. The third-order valence-electron chi connectivity index (χ3n) is 2.16. The normalized spacial score (nSPS) is 10.0. The molecule has 0 aliphatic rings. The van der Waals surface area contributed by atoms with E-state index in [4.69, 9.17) is 0 Å². The topological polar surface area (TPSA) is 0 Å². The van der Waals surface area contributed by atoms with Crippen molar-refractivity contribution in [2.24, 2.45) is 0 Å². The van der Waals surface area contributed by atoms with E-state index in [1.54, 1.807) is 11.3 Å². The molecule has 1 heteroatoms. The number of benzene rings is 1. The largest absolute Gasteiger partial charge is 0.148 e. The zero-order chi connectivity index (χ0) is 9.80. The summed E-state index contributed by atoms with van der Waals surface area (Å²) in [6, 6.07) is 12.7. The number of hydrogen-bond donors (Lipinski definition) is 0. The molecule has 0 spiro atoms. The second-order valence-corrected chi connectivity index (χ2v) is 4.12. The highest BCUT2D eigenvalue weighted by atomic mass is 32.1. The van der Waals surface area contributed by atoms with Gasteiger partial charge in [-0.15, -0.1) is 17.9 Å². The van der Waals surface area contributed by atoms with Crippen LogP contribution in [0.1, 0.15) is 4.88 Å². The van der Waals surface area contributed by atoms with E-state index >= 15 is 0 Å². The molecule has 0 unspecified atom stereocenters. The molecular formula is C13H12S. The van der Waals surface area contributed by atoms with Crippen molar-refractivity contribution in [3.63, 3.8) is 0 Å². The highest BCUT2D eigenvalue weighted by Gasteiger charge is 2.03. The molecule has 2 aromatic rings. The monoisotopic (exact) mass is 200 g/mol. The Morgan fingerprint density at radius 1 is 1.14 bits per heavy atom. The number of rotatable bonds is 3. The predicted octanol–water partition coefficient (Wildman–Crippen LogP) is 4.14. The van der Waals surface area contributed by atoms with Crippen molar-refractivity contribution < 1.29 is 0 Å². The Hall–Kier alpha value is -1.34. The van der Waals surface area contributed by atoms with E-state index in [1.165, 1.54) is 16.0 Å². The van der Waals surface area contributed by atoms with Crippen LogP contribution in [0, 0.1) is 0 Å². The van der Waals surface area contributed by atoms with Gasteiger partial charge in [-0.25, -0.2) is 0 Å². The summed E-state index contributed by atoms with van der Waals surface area (Å²) >= 11 is 1.80. The van der Waals surface area contributed by atoms with Gasteiger partial charge in [-0.1, -0.05) is 36.4 Å². The van der Waals surface area contributed by atoms with Gasteiger partial charge >= 0.3 is 0 Å². The molecule has 0 nitrogen and oxygen atoms in total. The average Bonchev–Trinajstić information content (AvgIpc) is 2.68. The van der Waals surface area contributed by atoms with Crippen LogP contribution in [-0.2, 0) is 6.42 Å². The van der Waals surface area contributed by atoms with Gasteiger partial charge in [-0.3, -0.25) is 0 Å². The first-order valence-corrected chi connectivity index (χ1v) is 5.52. The SMILES string of the molecule is C=CCc1sccc1-c1ccccc1. The summed E-state index contributed by atoms with van der Waals surface area (Å²) < 4.78 is 0. The maximum absolute atomic E-state index is 3.78. The smallest absolute Gasteiger partial charge is 0.0161 e. The minimum atomic E-state index is 0.960. The van der Waals surface area contributed by atoms with Crippen LogP contribution in [-0.4, -0.2) is 0 Å². The molecule has 0 N–H and O–H groups in total. The van der Waals surface area contributed by atoms with E-state index in [1.807, 2.05) is 12.1 Å². The molecule has 0 aliphatic heterocycles. The van der Waals surface area contributed by atoms with Gasteiger partial charge in [0.15, 0.2) is 0 Å². The van der Waals surface area contributed by atoms with Gasteiger partial charge in [-0.05, 0) is 22.6 Å². The van der Waals surface area contributed by atoms with E-state index in [2.05, 4.69) is 42.3 Å². The zero-order valence-electron chi connectivity index (χ0n) is 7.94. The lowest BCUT2D eigenvalue weighted by Gasteiger charge is -2.00. The van der Waals surface area contributed by atoms with Gasteiger partial charge in [0.2, 0.25) is 0 Å². The van der Waals surface area contributed by atoms with Crippen molar-refractivity contribution in [1.82, 2.24) is 0 Å². The van der Waals surface area contributed by atoms with Crippen molar-refractivity contribution in [2.75, 3.05) is 0 Å². The lowest BCUT2D eigenvalue weighted by atomic mass is 10.1. The van der Waals surface area contributed by atoms with E-state index in [-0.39, 0.29) is 0 Å². The molecular weight excluding hydrogens is 188 g/mol. The third kappa shape index (κ3) is 1.78. The summed E-state index contributed by atoms with van der Waals surface area (Å²) in [7, 11) is 0. The molecule has 1 heterocycles. The van der Waals surface area contributed by atoms with Crippen LogP contribution in [0.3, 0.4) is 0 Å². The standard InChI is InChI=1S/C13H12S/c1-2-6-13-12(9-10-14-13)11-7-4-3-5-8-11/h2-5,7-10H,1,6H2. The highest BCUT2D eigenvalue weighted by Crippen LogP contribution is 2.28. The summed E-state index contributed by atoms with van der Waals surface area (Å²) in [6.45, 7) is 3.78. The number of thiophene rings is 1. The Morgan fingerprint density at radius 3 is 2.64 bits per heavy atom. The Bertz CT molecular complexity index is 412. The summed E-state index contributed by atoms with van der Waals surface area (Å²) in [4.78, 5) is 1.39. The summed E-state index contributed by atoms with van der Waals surface area (Å²) in [5.74, 6) is 0.